The number of nitrogens with one attached hydrogen (secondary N) is 1. The third-order valence-corrected chi connectivity index (χ3v) is 4.99. The van der Waals surface area contributed by atoms with Gasteiger partial charge in [-0.15, -0.1) is 0 Å². The van der Waals surface area contributed by atoms with E-state index < -0.39 is 5.97 Å². The van der Waals surface area contributed by atoms with Gasteiger partial charge >= 0.3 is 5.97 Å². The average Bonchev–Trinajstić information content (AvgIpc) is 3.18. The molecular formula is C21H21N3O4. The Bertz CT molecular complexity index is 955. The lowest BCUT2D eigenvalue weighted by Crippen LogP contribution is -2.38. The summed E-state index contributed by atoms with van der Waals surface area (Å²) in [5.41, 5.74) is 2.73. The number of fused-ring (bicyclic) bond motifs is 1. The van der Waals surface area contributed by atoms with Crippen LogP contribution in [0.3, 0.4) is 0 Å². The molecule has 0 spiro atoms. The number of oxazole rings is 1. The average molecular weight is 379 g/mol. The van der Waals surface area contributed by atoms with Crippen molar-refractivity contribution in [2.75, 3.05) is 30.4 Å². The van der Waals surface area contributed by atoms with Gasteiger partial charge in [0.05, 0.1) is 12.7 Å². The Kier molecular flexibility index (Phi) is 4.97. The predicted octanol–water partition coefficient (Wildman–Crippen LogP) is 3.47. The minimum absolute atomic E-state index is 0.0111. The van der Waals surface area contributed by atoms with Gasteiger partial charge in [0.15, 0.2) is 5.58 Å². The monoisotopic (exact) mass is 379 g/mol. The van der Waals surface area contributed by atoms with E-state index in [9.17, 15) is 9.59 Å². The van der Waals surface area contributed by atoms with Gasteiger partial charge in [-0.1, -0.05) is 12.1 Å². The molecule has 0 atom stereocenters. The van der Waals surface area contributed by atoms with Gasteiger partial charge in [-0.05, 0) is 49.2 Å². The third kappa shape index (κ3) is 3.69. The van der Waals surface area contributed by atoms with Crippen LogP contribution in [-0.2, 0) is 9.53 Å². The molecule has 1 saturated heterocycles. The first-order valence-corrected chi connectivity index (χ1v) is 9.24. The number of benzene rings is 2. The largest absolute Gasteiger partial charge is 0.465 e. The summed E-state index contributed by atoms with van der Waals surface area (Å²) >= 11 is 0. The smallest absolute Gasteiger partial charge is 0.337 e. The zero-order chi connectivity index (χ0) is 19.5. The van der Waals surface area contributed by atoms with Gasteiger partial charge in [0, 0.05) is 24.7 Å². The number of amides is 1. The van der Waals surface area contributed by atoms with E-state index >= 15 is 0 Å². The zero-order valence-electron chi connectivity index (χ0n) is 15.6. The minimum atomic E-state index is -0.399. The van der Waals surface area contributed by atoms with Gasteiger partial charge < -0.3 is 19.4 Å². The summed E-state index contributed by atoms with van der Waals surface area (Å²) < 4.78 is 10.5. The normalized spacial score (nSPS) is 14.8. The molecule has 7 heteroatoms. The number of carbonyl (C=O) groups excluding carboxylic acids is 2. The predicted molar refractivity (Wildman–Crippen MR) is 105 cm³/mol. The van der Waals surface area contributed by atoms with Crippen LogP contribution in [0.4, 0.5) is 11.7 Å². The Morgan fingerprint density at radius 1 is 1.11 bits per heavy atom. The second-order valence-electron chi connectivity index (χ2n) is 6.78. The quantitative estimate of drug-likeness (QED) is 0.699. The number of anilines is 2. The van der Waals surface area contributed by atoms with Crippen molar-refractivity contribution in [1.82, 2.24) is 4.98 Å². The lowest BCUT2D eigenvalue weighted by molar-refractivity contribution is -0.120. The number of para-hydroxylation sites is 2. The van der Waals surface area contributed by atoms with Crippen LogP contribution in [-0.4, -0.2) is 37.1 Å². The SMILES string of the molecule is COC(=O)c1ccc(NC(=O)C2CCN(c3nc4ccccc4o3)CC2)cc1. The molecule has 144 valence electrons. The van der Waals surface area contributed by atoms with Crippen molar-refractivity contribution in [1.29, 1.82) is 0 Å². The molecule has 3 aromatic rings. The number of esters is 1. The number of carbonyl (C=O) groups is 2. The summed E-state index contributed by atoms with van der Waals surface area (Å²) in [5.74, 6) is -0.478. The lowest BCUT2D eigenvalue weighted by Gasteiger charge is -2.30. The van der Waals surface area contributed by atoms with Crippen LogP contribution in [0.1, 0.15) is 23.2 Å². The van der Waals surface area contributed by atoms with Crippen molar-refractivity contribution < 1.29 is 18.7 Å². The van der Waals surface area contributed by atoms with Gasteiger partial charge in [-0.3, -0.25) is 4.79 Å². The van der Waals surface area contributed by atoms with Gasteiger partial charge in [-0.2, -0.15) is 4.98 Å². The molecule has 1 amide bonds. The fourth-order valence-electron chi connectivity index (χ4n) is 3.38. The van der Waals surface area contributed by atoms with Crippen molar-refractivity contribution in [2.45, 2.75) is 12.8 Å². The molecule has 2 heterocycles. The van der Waals surface area contributed by atoms with E-state index in [0.29, 0.717) is 30.4 Å². The number of hydrogen-bond donors (Lipinski definition) is 1. The maximum Gasteiger partial charge on any atom is 0.337 e. The number of piperidine rings is 1. The van der Waals surface area contributed by atoms with E-state index in [0.717, 1.165) is 23.9 Å². The molecule has 1 aliphatic heterocycles. The van der Waals surface area contributed by atoms with E-state index in [-0.39, 0.29) is 11.8 Å². The first kappa shape index (κ1) is 18.0. The number of hydrogen-bond acceptors (Lipinski definition) is 6. The molecule has 0 aliphatic carbocycles. The van der Waals surface area contributed by atoms with Crippen LogP contribution in [0.2, 0.25) is 0 Å². The maximum atomic E-state index is 12.6. The highest BCUT2D eigenvalue weighted by Gasteiger charge is 2.27. The Labute approximate surface area is 162 Å². The number of nitrogens with zero attached hydrogens (tertiary/aromatic N) is 2. The Hall–Kier alpha value is -3.35. The molecule has 0 saturated carbocycles. The van der Waals surface area contributed by atoms with E-state index in [4.69, 9.17) is 4.42 Å². The summed E-state index contributed by atoms with van der Waals surface area (Å²) in [7, 11) is 1.34. The van der Waals surface area contributed by atoms with Crippen LogP contribution < -0.4 is 10.2 Å². The second kappa shape index (κ2) is 7.72. The summed E-state index contributed by atoms with van der Waals surface area (Å²) in [6.45, 7) is 1.43. The molecule has 28 heavy (non-hydrogen) atoms. The summed E-state index contributed by atoms with van der Waals surface area (Å²) in [6.07, 6.45) is 1.45. The fraction of sp³-hybridized carbons (Fsp3) is 0.286. The molecule has 1 aliphatic rings. The molecule has 1 fully saturated rings. The van der Waals surface area contributed by atoms with E-state index in [1.165, 1.54) is 7.11 Å². The summed E-state index contributed by atoms with van der Waals surface area (Å²) in [5, 5.41) is 2.92. The molecule has 2 aromatic carbocycles. The highest BCUT2D eigenvalue weighted by Crippen LogP contribution is 2.27. The van der Waals surface area contributed by atoms with Crippen LogP contribution in [0, 0.1) is 5.92 Å². The lowest BCUT2D eigenvalue weighted by atomic mass is 9.96. The molecule has 0 radical (unpaired) electrons. The number of rotatable bonds is 4. The highest BCUT2D eigenvalue weighted by atomic mass is 16.5. The molecule has 0 bridgehead atoms. The molecule has 1 N–H and O–H groups in total. The number of methoxy groups -OCH3 is 1. The van der Waals surface area contributed by atoms with Crippen LogP contribution in [0.5, 0.6) is 0 Å². The van der Waals surface area contributed by atoms with Crippen LogP contribution in [0.25, 0.3) is 11.1 Å². The highest BCUT2D eigenvalue weighted by molar-refractivity contribution is 5.94. The van der Waals surface area contributed by atoms with Crippen LogP contribution in [0.15, 0.2) is 52.9 Å². The van der Waals surface area contributed by atoms with Crippen molar-refractivity contribution in [3.63, 3.8) is 0 Å². The summed E-state index contributed by atoms with van der Waals surface area (Å²) in [6, 6.07) is 15.0. The maximum absolute atomic E-state index is 12.6. The zero-order valence-corrected chi connectivity index (χ0v) is 15.6. The summed E-state index contributed by atoms with van der Waals surface area (Å²) in [4.78, 5) is 30.6. The first-order valence-electron chi connectivity index (χ1n) is 9.24. The van der Waals surface area contributed by atoms with Crippen molar-refractivity contribution >= 4 is 34.7 Å². The number of aromatic nitrogens is 1. The molecular weight excluding hydrogens is 358 g/mol. The second-order valence-corrected chi connectivity index (χ2v) is 6.78. The van der Waals surface area contributed by atoms with E-state index in [2.05, 4.69) is 19.9 Å². The molecule has 7 nitrogen and oxygen atoms in total. The first-order chi connectivity index (χ1) is 13.6. The van der Waals surface area contributed by atoms with Gasteiger partial charge in [0.1, 0.15) is 5.52 Å². The number of ether oxygens (including phenoxy) is 1. The topological polar surface area (TPSA) is 84.7 Å². The van der Waals surface area contributed by atoms with E-state index in [1.807, 2.05) is 24.3 Å². The molecule has 0 unspecified atom stereocenters. The van der Waals surface area contributed by atoms with Crippen LogP contribution >= 0.6 is 0 Å². The Balaban J connectivity index is 1.34. The Morgan fingerprint density at radius 2 is 1.82 bits per heavy atom. The van der Waals surface area contributed by atoms with E-state index in [1.54, 1.807) is 24.3 Å². The Morgan fingerprint density at radius 3 is 2.50 bits per heavy atom. The molecule has 4 rings (SSSR count). The van der Waals surface area contributed by atoms with Gasteiger partial charge in [-0.25, -0.2) is 4.79 Å². The van der Waals surface area contributed by atoms with Crippen molar-refractivity contribution in [3.05, 3.63) is 54.1 Å². The third-order valence-electron chi connectivity index (χ3n) is 4.99. The van der Waals surface area contributed by atoms with Crippen molar-refractivity contribution in [2.24, 2.45) is 5.92 Å². The standard InChI is InChI=1S/C21H21N3O4/c1-27-20(26)15-6-8-16(9-7-15)22-19(25)14-10-12-24(13-11-14)21-23-17-4-2-3-5-18(17)28-21/h2-9,14H,10-13H2,1H3,(H,22,25). The van der Waals surface area contributed by atoms with Crippen molar-refractivity contribution in [3.8, 4) is 0 Å². The van der Waals surface area contributed by atoms with Gasteiger partial charge in [0.25, 0.3) is 6.01 Å². The minimum Gasteiger partial charge on any atom is -0.465 e. The molecule has 1 aromatic heterocycles. The van der Waals surface area contributed by atoms with Gasteiger partial charge in [0.2, 0.25) is 5.91 Å². The fourth-order valence-corrected chi connectivity index (χ4v) is 3.38.